The van der Waals surface area contributed by atoms with Crippen molar-refractivity contribution in [2.45, 2.75) is 31.7 Å². The lowest BCUT2D eigenvalue weighted by Gasteiger charge is -2.22. The lowest BCUT2D eigenvalue weighted by molar-refractivity contribution is -0.130. The highest BCUT2D eigenvalue weighted by Crippen LogP contribution is 2.19. The van der Waals surface area contributed by atoms with Crippen LogP contribution in [0.2, 0.25) is 0 Å². The van der Waals surface area contributed by atoms with Crippen molar-refractivity contribution in [3.8, 4) is 0 Å². The summed E-state index contributed by atoms with van der Waals surface area (Å²) in [4.78, 5) is 41.5. The van der Waals surface area contributed by atoms with Crippen LogP contribution in [0.4, 0.5) is 4.79 Å². The summed E-state index contributed by atoms with van der Waals surface area (Å²) in [5, 5.41) is 6.61. The summed E-state index contributed by atoms with van der Waals surface area (Å²) in [5.41, 5.74) is 2.08. The Hall–Kier alpha value is -2.87. The molecule has 2 fully saturated rings. The smallest absolute Gasteiger partial charge is 0.324 e. The molecule has 2 aliphatic rings. The van der Waals surface area contributed by atoms with Gasteiger partial charge in [0.25, 0.3) is 5.91 Å². The van der Waals surface area contributed by atoms with Gasteiger partial charge in [-0.1, -0.05) is 18.2 Å². The topological polar surface area (TPSA) is 104 Å². The van der Waals surface area contributed by atoms with Gasteiger partial charge < -0.3 is 20.4 Å². The van der Waals surface area contributed by atoms with Gasteiger partial charge in [-0.05, 0) is 36.8 Å². The molecule has 4 amide bonds. The number of para-hydroxylation sites is 1. The highest BCUT2D eigenvalue weighted by Gasteiger charge is 2.38. The number of imide groups is 1. The van der Waals surface area contributed by atoms with Crippen LogP contribution in [0.3, 0.4) is 0 Å². The van der Waals surface area contributed by atoms with E-state index in [1.807, 2.05) is 30.5 Å². The molecule has 0 spiro atoms. The molecule has 2 saturated heterocycles. The van der Waals surface area contributed by atoms with E-state index in [9.17, 15) is 14.4 Å². The fraction of sp³-hybridized carbons (Fsp3) is 0.476. The van der Waals surface area contributed by atoms with Crippen molar-refractivity contribution in [3.05, 3.63) is 36.0 Å². The molecule has 154 valence electrons. The van der Waals surface area contributed by atoms with Crippen LogP contribution in [0.25, 0.3) is 10.9 Å². The number of benzene rings is 1. The monoisotopic (exact) mass is 398 g/mol. The number of carbonyl (C=O) groups excluding carboxylic acids is 3. The molecule has 8 heteroatoms. The number of fused-ring (bicyclic) bond motifs is 1. The summed E-state index contributed by atoms with van der Waals surface area (Å²) >= 11 is 0. The van der Waals surface area contributed by atoms with E-state index in [0.29, 0.717) is 18.9 Å². The zero-order chi connectivity index (χ0) is 20.2. The lowest BCUT2D eigenvalue weighted by atomic mass is 10.0. The predicted molar refractivity (Wildman–Crippen MR) is 107 cm³/mol. The fourth-order valence-corrected chi connectivity index (χ4v) is 3.96. The minimum atomic E-state index is -0.792. The highest BCUT2D eigenvalue weighted by molar-refractivity contribution is 6.05. The number of carbonyl (C=O) groups is 3. The zero-order valence-electron chi connectivity index (χ0n) is 16.3. The van der Waals surface area contributed by atoms with Crippen LogP contribution < -0.4 is 10.6 Å². The number of amides is 4. The molecule has 29 heavy (non-hydrogen) atoms. The van der Waals surface area contributed by atoms with Gasteiger partial charge >= 0.3 is 6.03 Å². The predicted octanol–water partition coefficient (Wildman–Crippen LogP) is 1.56. The first-order valence-corrected chi connectivity index (χ1v) is 10.1. The molecule has 4 rings (SSSR count). The van der Waals surface area contributed by atoms with E-state index < -0.39 is 12.1 Å². The molecule has 1 atom stereocenters. The Morgan fingerprint density at radius 3 is 2.83 bits per heavy atom. The van der Waals surface area contributed by atoms with E-state index in [1.165, 1.54) is 4.90 Å². The second-order valence-corrected chi connectivity index (χ2v) is 7.67. The van der Waals surface area contributed by atoms with Crippen LogP contribution in [0.1, 0.15) is 24.8 Å². The molecule has 2 aliphatic heterocycles. The molecule has 0 unspecified atom stereocenters. The maximum absolute atomic E-state index is 12.6. The van der Waals surface area contributed by atoms with Crippen molar-refractivity contribution in [3.63, 3.8) is 0 Å². The highest BCUT2D eigenvalue weighted by atomic mass is 16.5. The molecule has 8 nitrogen and oxygen atoms in total. The third kappa shape index (κ3) is 4.42. The van der Waals surface area contributed by atoms with E-state index in [-0.39, 0.29) is 24.8 Å². The number of rotatable bonds is 7. The van der Waals surface area contributed by atoms with E-state index in [2.05, 4.69) is 15.6 Å². The number of aromatic nitrogens is 1. The minimum Gasteiger partial charge on any atom is -0.381 e. The molecule has 0 aliphatic carbocycles. The molecule has 2 aromatic rings. The third-order valence-corrected chi connectivity index (χ3v) is 5.70. The molecule has 0 bridgehead atoms. The molecule has 1 aromatic carbocycles. The quantitative estimate of drug-likeness (QED) is 0.616. The number of aromatic amines is 1. The molecular weight excluding hydrogens is 372 g/mol. The maximum atomic E-state index is 12.6. The van der Waals surface area contributed by atoms with Crippen molar-refractivity contribution in [1.29, 1.82) is 0 Å². The first kappa shape index (κ1) is 19.4. The summed E-state index contributed by atoms with van der Waals surface area (Å²) in [6.07, 6.45) is 4.30. The van der Waals surface area contributed by atoms with Gasteiger partial charge in [0.05, 0.1) is 6.42 Å². The van der Waals surface area contributed by atoms with E-state index in [1.54, 1.807) is 0 Å². The number of hydrogen-bond acceptors (Lipinski definition) is 4. The van der Waals surface area contributed by atoms with Gasteiger partial charge in [0.2, 0.25) is 5.91 Å². The number of H-pyrrole nitrogens is 1. The number of nitrogens with zero attached hydrogens (tertiary/aromatic N) is 1. The summed E-state index contributed by atoms with van der Waals surface area (Å²) in [5.74, 6) is -0.140. The van der Waals surface area contributed by atoms with Gasteiger partial charge in [-0.3, -0.25) is 14.5 Å². The Kier molecular flexibility index (Phi) is 5.80. The Bertz CT molecular complexity index is 903. The van der Waals surface area contributed by atoms with Gasteiger partial charge in [-0.15, -0.1) is 0 Å². The molecule has 0 radical (unpaired) electrons. The van der Waals surface area contributed by atoms with Crippen molar-refractivity contribution >= 4 is 28.7 Å². The molecule has 0 saturated carbocycles. The molecule has 3 N–H and O–H groups in total. The van der Waals surface area contributed by atoms with Crippen molar-refractivity contribution < 1.29 is 19.1 Å². The summed E-state index contributed by atoms with van der Waals surface area (Å²) in [7, 11) is 0. The number of ether oxygens (including phenoxy) is 1. The number of nitrogens with one attached hydrogen (secondary N) is 3. The van der Waals surface area contributed by atoms with Gasteiger partial charge in [-0.25, -0.2) is 4.79 Å². The van der Waals surface area contributed by atoms with Crippen molar-refractivity contribution in [1.82, 2.24) is 20.5 Å². The first-order valence-electron chi connectivity index (χ1n) is 10.1. The van der Waals surface area contributed by atoms with Gasteiger partial charge in [0.15, 0.2) is 0 Å². The van der Waals surface area contributed by atoms with Crippen LogP contribution in [-0.4, -0.2) is 60.1 Å². The van der Waals surface area contributed by atoms with Crippen LogP contribution >= 0.6 is 0 Å². The largest absolute Gasteiger partial charge is 0.381 e. The molecular formula is C21H26N4O4. The van der Waals surface area contributed by atoms with Crippen LogP contribution in [0, 0.1) is 5.92 Å². The SMILES string of the molecule is O=C(C[C@@H]1NC(=O)N(CCc2c[nH]c3ccccc23)C1=O)NCC1CCOCC1. The Morgan fingerprint density at radius 2 is 2.00 bits per heavy atom. The lowest BCUT2D eigenvalue weighted by Crippen LogP contribution is -2.39. The van der Waals surface area contributed by atoms with Gasteiger partial charge in [0, 0.05) is 43.4 Å². The minimum absolute atomic E-state index is 0.0304. The average Bonchev–Trinajstić information content (AvgIpc) is 3.26. The second kappa shape index (κ2) is 8.65. The Balaban J connectivity index is 1.28. The van der Waals surface area contributed by atoms with Gasteiger partial charge in [0.1, 0.15) is 6.04 Å². The van der Waals surface area contributed by atoms with E-state index in [0.717, 1.165) is 42.5 Å². The van der Waals surface area contributed by atoms with Crippen molar-refractivity contribution in [2.24, 2.45) is 5.92 Å². The van der Waals surface area contributed by atoms with Crippen molar-refractivity contribution in [2.75, 3.05) is 26.3 Å². The Morgan fingerprint density at radius 1 is 1.21 bits per heavy atom. The van der Waals surface area contributed by atoms with Crippen LogP contribution in [0.15, 0.2) is 30.5 Å². The maximum Gasteiger partial charge on any atom is 0.324 e. The first-order chi connectivity index (χ1) is 14.1. The molecule has 3 heterocycles. The summed E-state index contributed by atoms with van der Waals surface area (Å²) < 4.78 is 5.31. The number of hydrogen-bond donors (Lipinski definition) is 3. The zero-order valence-corrected chi connectivity index (χ0v) is 16.3. The van der Waals surface area contributed by atoms with Crippen LogP contribution in [-0.2, 0) is 20.7 Å². The fourth-order valence-electron chi connectivity index (χ4n) is 3.96. The summed E-state index contributed by atoms with van der Waals surface area (Å²) in [6.45, 7) is 2.32. The number of urea groups is 1. The standard InChI is InChI=1S/C21H26N4O4/c26-19(23-12-14-6-9-29-10-7-14)11-18-20(27)25(21(28)24-18)8-5-15-13-22-17-4-2-1-3-16(15)17/h1-4,13-14,18,22H,5-12H2,(H,23,26)(H,24,28)/t18-/m0/s1. The normalized spacial score (nSPS) is 20.3. The molecule has 1 aromatic heterocycles. The van der Waals surface area contributed by atoms with Crippen LogP contribution in [0.5, 0.6) is 0 Å². The average molecular weight is 398 g/mol. The summed E-state index contributed by atoms with van der Waals surface area (Å²) in [6, 6.07) is 6.69. The Labute approximate surface area is 169 Å². The van der Waals surface area contributed by atoms with E-state index >= 15 is 0 Å². The third-order valence-electron chi connectivity index (χ3n) is 5.70. The van der Waals surface area contributed by atoms with E-state index in [4.69, 9.17) is 4.74 Å². The second-order valence-electron chi connectivity index (χ2n) is 7.67. The van der Waals surface area contributed by atoms with Gasteiger partial charge in [-0.2, -0.15) is 0 Å².